The Bertz CT molecular complexity index is 926. The van der Waals surface area contributed by atoms with E-state index < -0.39 is 0 Å². The number of hydrogen-bond donors (Lipinski definition) is 1. The molecule has 3 aromatic rings. The zero-order valence-electron chi connectivity index (χ0n) is 15.5. The molecule has 0 fully saturated rings. The molecule has 0 saturated heterocycles. The number of nitrogens with one attached hydrogen (secondary N) is 1. The summed E-state index contributed by atoms with van der Waals surface area (Å²) in [6.45, 7) is 9.09. The van der Waals surface area contributed by atoms with Crippen molar-refractivity contribution in [3.8, 4) is 0 Å². The third-order valence-electron chi connectivity index (χ3n) is 5.42. The Kier molecular flexibility index (Phi) is 4.59. The number of aryl methyl sites for hydroxylation is 2. The quantitative estimate of drug-likeness (QED) is 0.754. The van der Waals surface area contributed by atoms with Crippen molar-refractivity contribution in [2.24, 2.45) is 0 Å². The molecule has 0 radical (unpaired) electrons. The van der Waals surface area contributed by atoms with Gasteiger partial charge in [0.05, 0.1) is 23.8 Å². The minimum absolute atomic E-state index is 0.0578. The van der Waals surface area contributed by atoms with Crippen molar-refractivity contribution < 1.29 is 0 Å². The summed E-state index contributed by atoms with van der Waals surface area (Å²) < 4.78 is 2.08. The van der Waals surface area contributed by atoms with Crippen molar-refractivity contribution in [3.05, 3.63) is 69.5 Å². The number of imidazole rings is 1. The molecule has 0 saturated carbocycles. The number of fused-ring (bicyclic) bond motifs is 1. The highest BCUT2D eigenvalue weighted by Crippen LogP contribution is 2.37. The van der Waals surface area contributed by atoms with E-state index in [0.29, 0.717) is 0 Å². The van der Waals surface area contributed by atoms with Gasteiger partial charge in [0.25, 0.3) is 0 Å². The monoisotopic (exact) mass is 369 g/mol. The van der Waals surface area contributed by atoms with Crippen LogP contribution in [0.1, 0.15) is 46.9 Å². The summed E-state index contributed by atoms with van der Waals surface area (Å²) in [5.74, 6) is 0. The van der Waals surface area contributed by atoms with Crippen LogP contribution in [0.5, 0.6) is 0 Å². The first kappa shape index (κ1) is 17.3. The van der Waals surface area contributed by atoms with Gasteiger partial charge in [-0.2, -0.15) is 5.10 Å². The first-order valence-electron chi connectivity index (χ1n) is 9.13. The van der Waals surface area contributed by atoms with Crippen LogP contribution in [0.2, 0.25) is 5.02 Å². The molecule has 136 valence electrons. The summed E-state index contributed by atoms with van der Waals surface area (Å²) in [4.78, 5) is 10.4. The first-order chi connectivity index (χ1) is 12.6. The molecule has 0 bridgehead atoms. The number of H-pyrrole nitrogens is 1. The molecule has 0 unspecified atom stereocenters. The van der Waals surface area contributed by atoms with Crippen molar-refractivity contribution in [2.45, 2.75) is 46.3 Å². The van der Waals surface area contributed by atoms with E-state index in [1.165, 1.54) is 17.0 Å². The number of benzene rings is 1. The van der Waals surface area contributed by atoms with Gasteiger partial charge in [-0.15, -0.1) is 0 Å². The van der Waals surface area contributed by atoms with Crippen LogP contribution >= 0.6 is 11.6 Å². The third kappa shape index (κ3) is 2.85. The van der Waals surface area contributed by atoms with Gasteiger partial charge in [0.2, 0.25) is 0 Å². The number of nitrogens with zero attached hydrogens (tertiary/aromatic N) is 4. The summed E-state index contributed by atoms with van der Waals surface area (Å²) in [6.07, 6.45) is 2.76. The third-order valence-corrected chi connectivity index (χ3v) is 5.76. The Morgan fingerprint density at radius 3 is 2.81 bits per heavy atom. The first-order valence-corrected chi connectivity index (χ1v) is 9.51. The number of rotatable bonds is 4. The summed E-state index contributed by atoms with van der Waals surface area (Å²) in [5.41, 5.74) is 7.07. The molecule has 26 heavy (non-hydrogen) atoms. The number of halogens is 1. The number of hydrogen-bond acceptors (Lipinski definition) is 3. The van der Waals surface area contributed by atoms with Crippen molar-refractivity contribution in [2.75, 3.05) is 6.54 Å². The average molecular weight is 370 g/mol. The molecule has 0 aliphatic carbocycles. The lowest BCUT2D eigenvalue weighted by Gasteiger charge is -2.35. The highest BCUT2D eigenvalue weighted by Gasteiger charge is 2.33. The SMILES string of the molecule is CCn1nc(C)c(CN2CCc3[nH]cnc3[C@H]2c2ccccc2Cl)c1C. The molecule has 1 aliphatic rings. The van der Waals surface area contributed by atoms with Gasteiger partial charge in [-0.05, 0) is 32.4 Å². The highest BCUT2D eigenvalue weighted by atomic mass is 35.5. The van der Waals surface area contributed by atoms with E-state index in [-0.39, 0.29) is 6.04 Å². The van der Waals surface area contributed by atoms with Gasteiger partial charge < -0.3 is 4.98 Å². The second kappa shape index (κ2) is 6.89. The molecule has 1 aliphatic heterocycles. The van der Waals surface area contributed by atoms with E-state index in [4.69, 9.17) is 11.6 Å². The molecule has 6 heteroatoms. The van der Waals surface area contributed by atoms with Gasteiger partial charge in [0, 0.05) is 48.0 Å². The van der Waals surface area contributed by atoms with E-state index in [2.05, 4.69) is 51.5 Å². The van der Waals surface area contributed by atoms with Gasteiger partial charge in [0.1, 0.15) is 0 Å². The van der Waals surface area contributed by atoms with E-state index in [0.717, 1.165) is 48.0 Å². The lowest BCUT2D eigenvalue weighted by molar-refractivity contribution is 0.199. The standard InChI is InChI=1S/C20H24ClN5/c1-4-26-14(3)16(13(2)24-26)11-25-10-9-18-19(23-12-22-18)20(25)15-7-5-6-8-17(15)21/h5-8,12,20H,4,9-11H2,1-3H3,(H,22,23)/t20-/m1/s1. The highest BCUT2D eigenvalue weighted by molar-refractivity contribution is 6.31. The molecular weight excluding hydrogens is 346 g/mol. The summed E-state index contributed by atoms with van der Waals surface area (Å²) in [7, 11) is 0. The minimum atomic E-state index is 0.0578. The molecule has 3 heterocycles. The van der Waals surface area contributed by atoms with Gasteiger partial charge in [-0.3, -0.25) is 9.58 Å². The maximum atomic E-state index is 6.57. The molecule has 1 N–H and O–H groups in total. The van der Waals surface area contributed by atoms with Gasteiger partial charge in [-0.1, -0.05) is 29.8 Å². The largest absolute Gasteiger partial charge is 0.348 e. The second-order valence-corrected chi connectivity index (χ2v) is 7.28. The normalized spacial score (nSPS) is 17.5. The van der Waals surface area contributed by atoms with Crippen molar-refractivity contribution in [1.82, 2.24) is 24.6 Å². The Morgan fingerprint density at radius 1 is 1.27 bits per heavy atom. The molecule has 4 rings (SSSR count). The van der Waals surface area contributed by atoms with Gasteiger partial charge in [0.15, 0.2) is 0 Å². The van der Waals surface area contributed by atoms with E-state index in [1.54, 1.807) is 6.33 Å². The maximum Gasteiger partial charge on any atom is 0.0926 e. The molecule has 0 amide bonds. The zero-order valence-corrected chi connectivity index (χ0v) is 16.2. The van der Waals surface area contributed by atoms with Gasteiger partial charge >= 0.3 is 0 Å². The minimum Gasteiger partial charge on any atom is -0.348 e. The topological polar surface area (TPSA) is 49.7 Å². The van der Waals surface area contributed by atoms with Crippen LogP contribution in [-0.4, -0.2) is 31.2 Å². The fourth-order valence-electron chi connectivity index (χ4n) is 4.01. The van der Waals surface area contributed by atoms with Crippen LogP contribution in [0, 0.1) is 13.8 Å². The van der Waals surface area contributed by atoms with Crippen LogP contribution in [-0.2, 0) is 19.5 Å². The Balaban J connectivity index is 1.76. The molecule has 5 nitrogen and oxygen atoms in total. The Labute approximate surface area is 159 Å². The zero-order chi connectivity index (χ0) is 18.3. The van der Waals surface area contributed by atoms with Crippen LogP contribution < -0.4 is 0 Å². The molecule has 1 aromatic carbocycles. The molecule has 1 atom stereocenters. The van der Waals surface area contributed by atoms with Gasteiger partial charge in [-0.25, -0.2) is 4.98 Å². The molecule has 2 aromatic heterocycles. The van der Waals surface area contributed by atoms with Crippen molar-refractivity contribution >= 4 is 11.6 Å². The fraction of sp³-hybridized carbons (Fsp3) is 0.400. The van der Waals surface area contributed by atoms with Crippen LogP contribution in [0.4, 0.5) is 0 Å². The predicted octanol–water partition coefficient (Wildman–Crippen LogP) is 4.04. The Morgan fingerprint density at radius 2 is 2.08 bits per heavy atom. The van der Waals surface area contributed by atoms with Crippen molar-refractivity contribution in [3.63, 3.8) is 0 Å². The summed E-state index contributed by atoms with van der Waals surface area (Å²) in [6, 6.07) is 8.15. The molecular formula is C20H24ClN5. The van der Waals surface area contributed by atoms with Crippen LogP contribution in [0.25, 0.3) is 0 Å². The maximum absolute atomic E-state index is 6.57. The van der Waals surface area contributed by atoms with Crippen molar-refractivity contribution in [1.29, 1.82) is 0 Å². The molecule has 0 spiro atoms. The van der Waals surface area contributed by atoms with Crippen LogP contribution in [0.15, 0.2) is 30.6 Å². The van der Waals surface area contributed by atoms with E-state index in [1.807, 2.05) is 18.2 Å². The second-order valence-electron chi connectivity index (χ2n) is 6.88. The van der Waals surface area contributed by atoms with E-state index in [9.17, 15) is 0 Å². The lowest BCUT2D eigenvalue weighted by atomic mass is 9.95. The van der Waals surface area contributed by atoms with Crippen LogP contribution in [0.3, 0.4) is 0 Å². The summed E-state index contributed by atoms with van der Waals surface area (Å²) in [5, 5.41) is 5.47. The summed E-state index contributed by atoms with van der Waals surface area (Å²) >= 11 is 6.57. The Hall–Kier alpha value is -2.11. The van der Waals surface area contributed by atoms with E-state index >= 15 is 0 Å². The smallest absolute Gasteiger partial charge is 0.0926 e. The average Bonchev–Trinajstić information content (AvgIpc) is 3.22. The number of aromatic nitrogens is 4. The predicted molar refractivity (Wildman–Crippen MR) is 103 cm³/mol. The number of aromatic amines is 1. The lowest BCUT2D eigenvalue weighted by Crippen LogP contribution is -2.36. The fourth-order valence-corrected chi connectivity index (χ4v) is 4.25.